The number of likely N-dealkylation sites (tertiary alicyclic amines) is 1. The molecule has 0 saturated carbocycles. The molecule has 0 radical (unpaired) electrons. The third kappa shape index (κ3) is 5.66. The van der Waals surface area contributed by atoms with E-state index >= 15 is 0 Å². The first kappa shape index (κ1) is 20.6. The monoisotopic (exact) mass is 397 g/mol. The molecule has 29 heavy (non-hydrogen) atoms. The van der Waals surface area contributed by atoms with Crippen LogP contribution in [0, 0.1) is 0 Å². The molecule has 0 aliphatic carbocycles. The first-order chi connectivity index (χ1) is 14.1. The van der Waals surface area contributed by atoms with Crippen molar-refractivity contribution in [2.45, 2.75) is 38.8 Å². The van der Waals surface area contributed by atoms with E-state index < -0.39 is 0 Å². The fourth-order valence-corrected chi connectivity index (χ4v) is 3.23. The predicted octanol–water partition coefficient (Wildman–Crippen LogP) is 3.00. The van der Waals surface area contributed by atoms with Crippen molar-refractivity contribution >= 4 is 17.9 Å². The SMILES string of the molecule is CCOC(=O)N1CCC(Nc2ncc(C(=O)NC(C)c3ccccc3)cn2)CC1. The van der Waals surface area contributed by atoms with Crippen LogP contribution in [0.1, 0.15) is 48.7 Å². The molecule has 2 heterocycles. The Morgan fingerprint density at radius 2 is 1.83 bits per heavy atom. The lowest BCUT2D eigenvalue weighted by atomic mass is 10.1. The Hall–Kier alpha value is -3.16. The molecule has 0 bridgehead atoms. The minimum atomic E-state index is -0.262. The van der Waals surface area contributed by atoms with Crippen molar-refractivity contribution in [3.63, 3.8) is 0 Å². The Kier molecular flexibility index (Phi) is 6.99. The summed E-state index contributed by atoms with van der Waals surface area (Å²) in [6.07, 6.45) is 4.37. The van der Waals surface area contributed by atoms with Crippen LogP contribution in [0.4, 0.5) is 10.7 Å². The quantitative estimate of drug-likeness (QED) is 0.778. The Labute approximate surface area is 170 Å². The summed E-state index contributed by atoms with van der Waals surface area (Å²) >= 11 is 0. The molecule has 2 amide bonds. The first-order valence-corrected chi connectivity index (χ1v) is 9.93. The van der Waals surface area contributed by atoms with Crippen LogP contribution in [0.3, 0.4) is 0 Å². The van der Waals surface area contributed by atoms with E-state index in [0.29, 0.717) is 31.2 Å². The number of piperidine rings is 1. The number of hydrogen-bond donors (Lipinski definition) is 2. The van der Waals surface area contributed by atoms with Crippen LogP contribution in [0.5, 0.6) is 0 Å². The van der Waals surface area contributed by atoms with E-state index in [9.17, 15) is 9.59 Å². The average molecular weight is 397 g/mol. The Bertz CT molecular complexity index is 805. The number of anilines is 1. The second-order valence-corrected chi connectivity index (χ2v) is 7.01. The molecule has 8 heteroatoms. The van der Waals surface area contributed by atoms with Crippen LogP contribution in [-0.4, -0.2) is 52.6 Å². The van der Waals surface area contributed by atoms with Gasteiger partial charge in [-0.2, -0.15) is 0 Å². The lowest BCUT2D eigenvalue weighted by molar-refractivity contribution is 0.0938. The zero-order valence-electron chi connectivity index (χ0n) is 16.8. The fraction of sp³-hybridized carbons (Fsp3) is 0.429. The molecular formula is C21H27N5O3. The van der Waals surface area contributed by atoms with Crippen LogP contribution in [0.2, 0.25) is 0 Å². The maximum Gasteiger partial charge on any atom is 0.409 e. The minimum absolute atomic E-state index is 0.105. The normalized spacial score (nSPS) is 15.4. The highest BCUT2D eigenvalue weighted by atomic mass is 16.6. The van der Waals surface area contributed by atoms with Gasteiger partial charge in [0, 0.05) is 31.5 Å². The van der Waals surface area contributed by atoms with E-state index in [1.165, 1.54) is 12.4 Å². The van der Waals surface area contributed by atoms with Crippen molar-refractivity contribution in [1.82, 2.24) is 20.2 Å². The van der Waals surface area contributed by atoms with Gasteiger partial charge in [0.05, 0.1) is 18.2 Å². The maximum atomic E-state index is 12.4. The van der Waals surface area contributed by atoms with Gasteiger partial charge >= 0.3 is 6.09 Å². The summed E-state index contributed by atoms with van der Waals surface area (Å²) in [7, 11) is 0. The molecule has 1 aliphatic heterocycles. The molecule has 8 nitrogen and oxygen atoms in total. The van der Waals surface area contributed by atoms with Gasteiger partial charge in [-0.3, -0.25) is 4.79 Å². The Balaban J connectivity index is 1.49. The van der Waals surface area contributed by atoms with E-state index in [2.05, 4.69) is 20.6 Å². The molecular weight excluding hydrogens is 370 g/mol. The number of hydrogen-bond acceptors (Lipinski definition) is 6. The summed E-state index contributed by atoms with van der Waals surface area (Å²) in [4.78, 5) is 34.4. The number of nitrogens with zero attached hydrogens (tertiary/aromatic N) is 3. The van der Waals surface area contributed by atoms with Crippen molar-refractivity contribution in [2.24, 2.45) is 0 Å². The second-order valence-electron chi connectivity index (χ2n) is 7.01. The molecule has 2 N–H and O–H groups in total. The van der Waals surface area contributed by atoms with E-state index in [-0.39, 0.29) is 24.1 Å². The van der Waals surface area contributed by atoms with Crippen LogP contribution in [0.15, 0.2) is 42.7 Å². The van der Waals surface area contributed by atoms with Gasteiger partial charge in [0.15, 0.2) is 0 Å². The smallest absolute Gasteiger partial charge is 0.409 e. The van der Waals surface area contributed by atoms with Gasteiger partial charge in [0.1, 0.15) is 0 Å². The third-order valence-corrected chi connectivity index (χ3v) is 4.92. The fourth-order valence-electron chi connectivity index (χ4n) is 3.23. The van der Waals surface area contributed by atoms with Gasteiger partial charge in [-0.05, 0) is 32.3 Å². The number of ether oxygens (including phenoxy) is 1. The standard InChI is InChI=1S/C21H27N5O3/c1-3-29-21(28)26-11-9-18(10-12-26)25-20-22-13-17(14-23-20)19(27)24-15(2)16-7-5-4-6-8-16/h4-8,13-15,18H,3,9-12H2,1-2H3,(H,24,27)(H,22,23,25). The largest absolute Gasteiger partial charge is 0.450 e. The van der Waals surface area contributed by atoms with Crippen LogP contribution < -0.4 is 10.6 Å². The maximum absolute atomic E-state index is 12.4. The van der Waals surface area contributed by atoms with Crippen LogP contribution in [0.25, 0.3) is 0 Å². The number of carbonyl (C=O) groups is 2. The average Bonchev–Trinajstić information content (AvgIpc) is 2.75. The van der Waals surface area contributed by atoms with E-state index in [4.69, 9.17) is 4.74 Å². The third-order valence-electron chi connectivity index (χ3n) is 4.92. The number of nitrogens with one attached hydrogen (secondary N) is 2. The summed E-state index contributed by atoms with van der Waals surface area (Å²) in [6, 6.07) is 9.85. The van der Waals surface area contributed by atoms with Gasteiger partial charge in [0.25, 0.3) is 5.91 Å². The first-order valence-electron chi connectivity index (χ1n) is 9.93. The molecule has 154 valence electrons. The lowest BCUT2D eigenvalue weighted by Gasteiger charge is -2.31. The highest BCUT2D eigenvalue weighted by molar-refractivity contribution is 5.93. The molecule has 1 fully saturated rings. The summed E-state index contributed by atoms with van der Waals surface area (Å²) < 4.78 is 5.03. The lowest BCUT2D eigenvalue weighted by Crippen LogP contribution is -2.42. The van der Waals surface area contributed by atoms with Gasteiger partial charge in [0.2, 0.25) is 5.95 Å². The number of benzene rings is 1. The number of amides is 2. The topological polar surface area (TPSA) is 96.5 Å². The predicted molar refractivity (Wildman–Crippen MR) is 110 cm³/mol. The van der Waals surface area contributed by atoms with Gasteiger partial charge in [-0.25, -0.2) is 14.8 Å². The number of aromatic nitrogens is 2. The Morgan fingerprint density at radius 3 is 2.45 bits per heavy atom. The van der Waals surface area contributed by atoms with Crippen molar-refractivity contribution in [3.8, 4) is 0 Å². The van der Waals surface area contributed by atoms with E-state index in [1.54, 1.807) is 11.8 Å². The van der Waals surface area contributed by atoms with Crippen molar-refractivity contribution in [3.05, 3.63) is 53.9 Å². The van der Waals surface area contributed by atoms with Crippen LogP contribution >= 0.6 is 0 Å². The summed E-state index contributed by atoms with van der Waals surface area (Å²) in [5, 5.41) is 6.22. The highest BCUT2D eigenvalue weighted by Crippen LogP contribution is 2.16. The van der Waals surface area contributed by atoms with Crippen molar-refractivity contribution < 1.29 is 14.3 Å². The molecule has 0 spiro atoms. The molecule has 1 aliphatic rings. The van der Waals surface area contributed by atoms with Crippen molar-refractivity contribution in [2.75, 3.05) is 25.0 Å². The number of rotatable bonds is 6. The summed E-state index contributed by atoms with van der Waals surface area (Å²) in [5.41, 5.74) is 1.45. The summed E-state index contributed by atoms with van der Waals surface area (Å²) in [6.45, 7) is 5.39. The molecule has 2 aromatic rings. The number of carbonyl (C=O) groups excluding carboxylic acids is 2. The second kappa shape index (κ2) is 9.86. The molecule has 1 unspecified atom stereocenters. The van der Waals surface area contributed by atoms with E-state index in [1.807, 2.05) is 37.3 Å². The van der Waals surface area contributed by atoms with Gasteiger partial charge < -0.3 is 20.3 Å². The zero-order valence-corrected chi connectivity index (χ0v) is 16.8. The van der Waals surface area contributed by atoms with Crippen molar-refractivity contribution in [1.29, 1.82) is 0 Å². The molecule has 1 aromatic carbocycles. The van der Waals surface area contributed by atoms with Crippen LogP contribution in [-0.2, 0) is 4.74 Å². The van der Waals surface area contributed by atoms with Gasteiger partial charge in [-0.15, -0.1) is 0 Å². The zero-order chi connectivity index (χ0) is 20.6. The minimum Gasteiger partial charge on any atom is -0.450 e. The molecule has 3 rings (SSSR count). The van der Waals surface area contributed by atoms with E-state index in [0.717, 1.165) is 18.4 Å². The highest BCUT2D eigenvalue weighted by Gasteiger charge is 2.24. The molecule has 1 atom stereocenters. The summed E-state index contributed by atoms with van der Waals surface area (Å²) in [5.74, 6) is 0.267. The molecule has 1 saturated heterocycles. The van der Waals surface area contributed by atoms with Gasteiger partial charge in [-0.1, -0.05) is 30.3 Å². The Morgan fingerprint density at radius 1 is 1.17 bits per heavy atom. The molecule has 1 aromatic heterocycles.